The smallest absolute Gasteiger partial charge is 0.161 e. The molecule has 2 aromatic carbocycles. The molecule has 28 heavy (non-hydrogen) atoms. The van der Waals surface area contributed by atoms with Gasteiger partial charge < -0.3 is 19.9 Å². The number of rotatable bonds is 8. The van der Waals surface area contributed by atoms with Gasteiger partial charge in [0, 0.05) is 12.5 Å². The van der Waals surface area contributed by atoms with Crippen molar-refractivity contribution in [2.75, 3.05) is 20.8 Å². The predicted molar refractivity (Wildman–Crippen MR) is 113 cm³/mol. The molecule has 0 heterocycles. The molecule has 4 nitrogen and oxygen atoms in total. The number of aliphatic hydroxyl groups is 1. The average molecular weight is 384 g/mol. The third-order valence-corrected chi connectivity index (χ3v) is 5.93. The number of hydrogen-bond acceptors (Lipinski definition) is 4. The molecule has 1 aliphatic rings. The highest BCUT2D eigenvalue weighted by molar-refractivity contribution is 5.49. The minimum atomic E-state index is -0.389. The quantitative estimate of drug-likeness (QED) is 0.725. The van der Waals surface area contributed by atoms with Crippen LogP contribution in [0.4, 0.5) is 0 Å². The first kappa shape index (κ1) is 20.7. The summed E-state index contributed by atoms with van der Waals surface area (Å²) in [5.74, 6) is 2.58. The normalized spacial score (nSPS) is 19.9. The average Bonchev–Trinajstić information content (AvgIpc) is 2.70. The number of nitrogens with one attached hydrogen (secondary N) is 1. The molecule has 2 N–H and O–H groups in total. The topological polar surface area (TPSA) is 50.7 Å². The van der Waals surface area contributed by atoms with Crippen molar-refractivity contribution in [3.05, 3.63) is 59.2 Å². The van der Waals surface area contributed by atoms with Crippen LogP contribution >= 0.6 is 0 Å². The number of hydrogen-bond donors (Lipinski definition) is 2. The van der Waals surface area contributed by atoms with Gasteiger partial charge >= 0.3 is 0 Å². The predicted octanol–water partition coefficient (Wildman–Crippen LogP) is 3.95. The van der Waals surface area contributed by atoms with Crippen LogP contribution in [0.5, 0.6) is 11.5 Å². The van der Waals surface area contributed by atoms with Crippen LogP contribution in [0.1, 0.15) is 42.9 Å². The van der Waals surface area contributed by atoms with E-state index in [4.69, 9.17) is 9.47 Å². The molecule has 3 rings (SSSR count). The van der Waals surface area contributed by atoms with E-state index in [-0.39, 0.29) is 12.1 Å². The van der Waals surface area contributed by atoms with E-state index in [1.54, 1.807) is 14.2 Å². The lowest BCUT2D eigenvalue weighted by Gasteiger charge is -2.32. The fourth-order valence-electron chi connectivity index (χ4n) is 4.30. The van der Waals surface area contributed by atoms with Crippen molar-refractivity contribution in [3.63, 3.8) is 0 Å². The van der Waals surface area contributed by atoms with E-state index in [1.165, 1.54) is 11.1 Å². The zero-order valence-corrected chi connectivity index (χ0v) is 17.4. The summed E-state index contributed by atoms with van der Waals surface area (Å²) in [6, 6.07) is 14.8. The third kappa shape index (κ3) is 4.68. The summed E-state index contributed by atoms with van der Waals surface area (Å²) in [5, 5.41) is 14.3. The molecule has 0 bridgehead atoms. The molecule has 0 fully saturated rings. The molecule has 0 spiro atoms. The van der Waals surface area contributed by atoms with E-state index in [0.29, 0.717) is 18.3 Å². The monoisotopic (exact) mass is 383 g/mol. The van der Waals surface area contributed by atoms with Gasteiger partial charge in [-0.3, -0.25) is 0 Å². The number of methoxy groups -OCH3 is 2. The number of ether oxygens (including phenoxy) is 2. The van der Waals surface area contributed by atoms with Gasteiger partial charge in [-0.2, -0.15) is 0 Å². The standard InChI is InChI=1S/C24H33NO3/c1-16(2)20(17-8-6-5-7-9-17)10-11-25-21-12-18-14-23(27-3)24(28-4)15-19(18)13-22(21)26/h5-9,14-16,20-22,25-26H,10-13H2,1-4H3. The van der Waals surface area contributed by atoms with Crippen molar-refractivity contribution < 1.29 is 14.6 Å². The first-order chi connectivity index (χ1) is 13.5. The van der Waals surface area contributed by atoms with Crippen LogP contribution in [0.25, 0.3) is 0 Å². The maximum Gasteiger partial charge on any atom is 0.161 e. The molecule has 0 radical (unpaired) electrons. The minimum Gasteiger partial charge on any atom is -0.493 e. The third-order valence-electron chi connectivity index (χ3n) is 5.93. The van der Waals surface area contributed by atoms with Crippen LogP contribution in [-0.2, 0) is 12.8 Å². The van der Waals surface area contributed by atoms with Gasteiger partial charge in [0.25, 0.3) is 0 Å². The van der Waals surface area contributed by atoms with Gasteiger partial charge in [-0.05, 0) is 60.0 Å². The molecule has 0 amide bonds. The molecular weight excluding hydrogens is 350 g/mol. The lowest BCUT2D eigenvalue weighted by atomic mass is 9.84. The van der Waals surface area contributed by atoms with E-state index in [9.17, 15) is 5.11 Å². The Morgan fingerprint density at radius 3 is 2.18 bits per heavy atom. The maximum absolute atomic E-state index is 10.7. The Morgan fingerprint density at radius 1 is 1.00 bits per heavy atom. The van der Waals surface area contributed by atoms with Crippen LogP contribution in [0.2, 0.25) is 0 Å². The molecule has 152 valence electrons. The fourth-order valence-corrected chi connectivity index (χ4v) is 4.30. The summed E-state index contributed by atoms with van der Waals surface area (Å²) in [6.45, 7) is 5.45. The van der Waals surface area contributed by atoms with Gasteiger partial charge in [0.2, 0.25) is 0 Å². The molecule has 0 saturated heterocycles. The van der Waals surface area contributed by atoms with Gasteiger partial charge in [-0.1, -0.05) is 44.2 Å². The second-order valence-electron chi connectivity index (χ2n) is 8.06. The largest absolute Gasteiger partial charge is 0.493 e. The van der Waals surface area contributed by atoms with Gasteiger partial charge in [0.05, 0.1) is 20.3 Å². The summed E-state index contributed by atoms with van der Waals surface area (Å²) in [6.07, 6.45) is 2.11. The first-order valence-corrected chi connectivity index (χ1v) is 10.2. The molecule has 3 unspecified atom stereocenters. The van der Waals surface area contributed by atoms with Crippen LogP contribution in [0.15, 0.2) is 42.5 Å². The zero-order valence-electron chi connectivity index (χ0n) is 17.4. The lowest BCUT2D eigenvalue weighted by Crippen LogP contribution is -2.46. The van der Waals surface area contributed by atoms with Gasteiger partial charge in [0.1, 0.15) is 0 Å². The van der Waals surface area contributed by atoms with Crippen molar-refractivity contribution in [2.24, 2.45) is 5.92 Å². The van der Waals surface area contributed by atoms with E-state index >= 15 is 0 Å². The van der Waals surface area contributed by atoms with E-state index in [1.807, 2.05) is 6.07 Å². The molecular formula is C24H33NO3. The van der Waals surface area contributed by atoms with Crippen LogP contribution in [0, 0.1) is 5.92 Å². The van der Waals surface area contributed by atoms with Crippen molar-refractivity contribution >= 4 is 0 Å². The molecule has 0 saturated carbocycles. The van der Waals surface area contributed by atoms with Crippen LogP contribution in [0.3, 0.4) is 0 Å². The van der Waals surface area contributed by atoms with E-state index in [0.717, 1.165) is 36.4 Å². The highest BCUT2D eigenvalue weighted by Crippen LogP contribution is 2.34. The number of fused-ring (bicyclic) bond motifs is 1. The van der Waals surface area contributed by atoms with E-state index in [2.05, 4.69) is 55.6 Å². The molecule has 0 aromatic heterocycles. The van der Waals surface area contributed by atoms with Crippen LogP contribution < -0.4 is 14.8 Å². The Hall–Kier alpha value is -2.04. The lowest BCUT2D eigenvalue weighted by molar-refractivity contribution is 0.118. The Kier molecular flexibility index (Phi) is 6.97. The molecule has 3 atom stereocenters. The Morgan fingerprint density at radius 2 is 1.61 bits per heavy atom. The molecule has 1 aliphatic carbocycles. The second kappa shape index (κ2) is 9.44. The number of aliphatic hydroxyl groups excluding tert-OH is 1. The summed E-state index contributed by atoms with van der Waals surface area (Å²) in [7, 11) is 3.30. The molecule has 2 aromatic rings. The van der Waals surface area contributed by atoms with Crippen molar-refractivity contribution in [3.8, 4) is 11.5 Å². The Balaban J connectivity index is 1.64. The number of benzene rings is 2. The van der Waals surface area contributed by atoms with Gasteiger partial charge in [0.15, 0.2) is 11.5 Å². The highest BCUT2D eigenvalue weighted by atomic mass is 16.5. The summed E-state index contributed by atoms with van der Waals surface area (Å²) < 4.78 is 10.8. The minimum absolute atomic E-state index is 0.0641. The summed E-state index contributed by atoms with van der Waals surface area (Å²) >= 11 is 0. The van der Waals surface area contributed by atoms with Crippen molar-refractivity contribution in [1.82, 2.24) is 5.32 Å². The van der Waals surface area contributed by atoms with Gasteiger partial charge in [-0.15, -0.1) is 0 Å². The van der Waals surface area contributed by atoms with Crippen LogP contribution in [-0.4, -0.2) is 38.0 Å². The second-order valence-corrected chi connectivity index (χ2v) is 8.06. The zero-order chi connectivity index (χ0) is 20.1. The SMILES string of the molecule is COc1cc2c(cc1OC)CC(NCCC(c1ccccc1)C(C)C)C(O)C2. The van der Waals surface area contributed by atoms with E-state index < -0.39 is 0 Å². The summed E-state index contributed by atoms with van der Waals surface area (Å²) in [4.78, 5) is 0. The maximum atomic E-state index is 10.7. The summed E-state index contributed by atoms with van der Waals surface area (Å²) in [5.41, 5.74) is 3.77. The highest BCUT2D eigenvalue weighted by Gasteiger charge is 2.28. The van der Waals surface area contributed by atoms with Crippen molar-refractivity contribution in [2.45, 2.75) is 51.2 Å². The first-order valence-electron chi connectivity index (χ1n) is 10.2. The molecule has 0 aliphatic heterocycles. The Labute approximate surface area is 168 Å². The fraction of sp³-hybridized carbons (Fsp3) is 0.500. The molecule has 4 heteroatoms. The van der Waals surface area contributed by atoms with Gasteiger partial charge in [-0.25, -0.2) is 0 Å². The van der Waals surface area contributed by atoms with Crippen molar-refractivity contribution in [1.29, 1.82) is 0 Å². The Bertz CT molecular complexity index is 760.